The minimum absolute atomic E-state index is 0.0276. The van der Waals surface area contributed by atoms with Crippen LogP contribution in [0.25, 0.3) is 0 Å². The van der Waals surface area contributed by atoms with Gasteiger partial charge in [-0.05, 0) is 53.4 Å². The zero-order chi connectivity index (χ0) is 15.5. The largest absolute Gasteiger partial charge is 0.478 e. The summed E-state index contributed by atoms with van der Waals surface area (Å²) in [6.45, 7) is 1.03. The van der Waals surface area contributed by atoms with Crippen LogP contribution in [0.15, 0.2) is 27.6 Å². The minimum atomic E-state index is -3.67. The lowest BCUT2D eigenvalue weighted by Crippen LogP contribution is -2.27. The van der Waals surface area contributed by atoms with Crippen LogP contribution >= 0.6 is 15.9 Å². The van der Waals surface area contributed by atoms with Crippen LogP contribution in [0.2, 0.25) is 0 Å². The highest BCUT2D eigenvalue weighted by Gasteiger charge is 2.20. The molecule has 0 saturated carbocycles. The SMILES string of the molecule is O=C(O)c1ccc(S(=O)(=O)NCCC2CCCO2)c(Br)c1. The summed E-state index contributed by atoms with van der Waals surface area (Å²) in [6, 6.07) is 3.82. The van der Waals surface area contributed by atoms with Crippen molar-refractivity contribution in [3.8, 4) is 0 Å². The average molecular weight is 378 g/mol. The van der Waals surface area contributed by atoms with Crippen molar-refractivity contribution in [1.29, 1.82) is 0 Å². The molecule has 0 radical (unpaired) electrons. The number of carboxylic acid groups (broad SMARTS) is 1. The molecule has 1 saturated heterocycles. The van der Waals surface area contributed by atoms with Gasteiger partial charge in [-0.1, -0.05) is 0 Å². The predicted molar refractivity (Wildman–Crippen MR) is 79.9 cm³/mol. The van der Waals surface area contributed by atoms with Crippen molar-refractivity contribution in [2.24, 2.45) is 0 Å². The Kier molecular flexibility index (Phi) is 5.37. The molecule has 0 bridgehead atoms. The summed E-state index contributed by atoms with van der Waals surface area (Å²) in [5, 5.41) is 8.87. The highest BCUT2D eigenvalue weighted by molar-refractivity contribution is 9.10. The lowest BCUT2D eigenvalue weighted by Gasteiger charge is -2.11. The molecule has 8 heteroatoms. The van der Waals surface area contributed by atoms with Crippen LogP contribution in [0.5, 0.6) is 0 Å². The molecule has 21 heavy (non-hydrogen) atoms. The van der Waals surface area contributed by atoms with Gasteiger partial charge >= 0.3 is 5.97 Å². The first-order valence-electron chi connectivity index (χ1n) is 6.54. The normalized spacial score (nSPS) is 18.8. The Balaban J connectivity index is 2.03. The number of hydrogen-bond donors (Lipinski definition) is 2. The maximum Gasteiger partial charge on any atom is 0.335 e. The Bertz CT molecular complexity index is 625. The van der Waals surface area contributed by atoms with Crippen molar-refractivity contribution in [2.45, 2.75) is 30.3 Å². The van der Waals surface area contributed by atoms with Crippen LogP contribution in [-0.2, 0) is 14.8 Å². The van der Waals surface area contributed by atoms with Gasteiger partial charge in [0.15, 0.2) is 0 Å². The second kappa shape index (κ2) is 6.87. The van der Waals surface area contributed by atoms with E-state index in [1.165, 1.54) is 18.2 Å². The van der Waals surface area contributed by atoms with Crippen LogP contribution in [-0.4, -0.2) is 38.7 Å². The van der Waals surface area contributed by atoms with E-state index in [0.717, 1.165) is 19.4 Å². The fourth-order valence-electron chi connectivity index (χ4n) is 2.16. The number of nitrogens with one attached hydrogen (secondary N) is 1. The quantitative estimate of drug-likeness (QED) is 0.790. The third-order valence-electron chi connectivity index (χ3n) is 3.25. The molecule has 1 aliphatic rings. The summed E-state index contributed by atoms with van der Waals surface area (Å²) < 4.78 is 32.5. The van der Waals surface area contributed by atoms with Gasteiger partial charge in [-0.25, -0.2) is 17.9 Å². The molecule has 2 rings (SSSR count). The summed E-state index contributed by atoms with van der Waals surface area (Å²) in [4.78, 5) is 10.9. The maximum atomic E-state index is 12.2. The lowest BCUT2D eigenvalue weighted by atomic mass is 10.2. The van der Waals surface area contributed by atoms with E-state index in [9.17, 15) is 13.2 Å². The van der Waals surface area contributed by atoms with Crippen LogP contribution < -0.4 is 4.72 Å². The van der Waals surface area contributed by atoms with Gasteiger partial charge in [0.2, 0.25) is 10.0 Å². The predicted octanol–water partition coefficient (Wildman–Crippen LogP) is 1.99. The molecule has 0 spiro atoms. The van der Waals surface area contributed by atoms with Gasteiger partial charge in [0.25, 0.3) is 0 Å². The van der Waals surface area contributed by atoms with Gasteiger partial charge < -0.3 is 9.84 Å². The molecule has 0 aromatic heterocycles. The van der Waals surface area contributed by atoms with E-state index in [1.807, 2.05) is 0 Å². The van der Waals surface area contributed by atoms with E-state index in [2.05, 4.69) is 20.7 Å². The molecular weight excluding hydrogens is 362 g/mol. The Morgan fingerprint density at radius 2 is 2.24 bits per heavy atom. The first-order valence-corrected chi connectivity index (χ1v) is 8.82. The smallest absolute Gasteiger partial charge is 0.335 e. The number of rotatable bonds is 6. The molecule has 1 aliphatic heterocycles. The summed E-state index contributed by atoms with van der Waals surface area (Å²) in [5.74, 6) is -1.11. The van der Waals surface area contributed by atoms with Crippen LogP contribution in [0.4, 0.5) is 0 Å². The summed E-state index contributed by atoms with van der Waals surface area (Å²) in [7, 11) is -3.67. The number of hydrogen-bond acceptors (Lipinski definition) is 4. The van der Waals surface area contributed by atoms with Gasteiger partial charge in [0, 0.05) is 17.6 Å². The van der Waals surface area contributed by atoms with Crippen molar-refractivity contribution in [2.75, 3.05) is 13.2 Å². The molecule has 1 fully saturated rings. The van der Waals surface area contributed by atoms with Gasteiger partial charge in [0.1, 0.15) is 0 Å². The summed E-state index contributed by atoms with van der Waals surface area (Å²) in [6.07, 6.45) is 2.72. The first-order chi connectivity index (χ1) is 9.90. The van der Waals surface area contributed by atoms with E-state index in [0.29, 0.717) is 13.0 Å². The fourth-order valence-corrected chi connectivity index (χ4v) is 4.28. The van der Waals surface area contributed by atoms with E-state index in [1.54, 1.807) is 0 Å². The van der Waals surface area contributed by atoms with Crippen molar-refractivity contribution in [3.05, 3.63) is 28.2 Å². The second-order valence-electron chi connectivity index (χ2n) is 4.77. The number of halogens is 1. The van der Waals surface area contributed by atoms with Crippen molar-refractivity contribution >= 4 is 31.9 Å². The van der Waals surface area contributed by atoms with Crippen LogP contribution in [0.1, 0.15) is 29.6 Å². The molecular formula is C13H16BrNO5S. The number of aromatic carboxylic acids is 1. The van der Waals surface area contributed by atoms with E-state index >= 15 is 0 Å². The Morgan fingerprint density at radius 3 is 2.81 bits per heavy atom. The van der Waals surface area contributed by atoms with Crippen LogP contribution in [0, 0.1) is 0 Å². The molecule has 1 atom stereocenters. The summed E-state index contributed by atoms with van der Waals surface area (Å²) >= 11 is 3.10. The third kappa shape index (κ3) is 4.26. The molecule has 1 aromatic rings. The highest BCUT2D eigenvalue weighted by Crippen LogP contribution is 2.23. The Morgan fingerprint density at radius 1 is 1.48 bits per heavy atom. The molecule has 6 nitrogen and oxygen atoms in total. The number of carboxylic acids is 1. The van der Waals surface area contributed by atoms with Gasteiger partial charge in [-0.15, -0.1) is 0 Å². The second-order valence-corrected chi connectivity index (χ2v) is 7.36. The molecule has 0 amide bonds. The van der Waals surface area contributed by atoms with E-state index < -0.39 is 16.0 Å². The van der Waals surface area contributed by atoms with Crippen molar-refractivity contribution in [1.82, 2.24) is 4.72 Å². The van der Waals surface area contributed by atoms with Gasteiger partial charge in [-0.3, -0.25) is 0 Å². The molecule has 1 aromatic carbocycles. The van der Waals surface area contributed by atoms with Crippen molar-refractivity contribution in [3.63, 3.8) is 0 Å². The fraction of sp³-hybridized carbons (Fsp3) is 0.462. The summed E-state index contributed by atoms with van der Waals surface area (Å²) in [5.41, 5.74) is 0.0279. The molecule has 116 valence electrons. The van der Waals surface area contributed by atoms with Gasteiger partial charge in [0.05, 0.1) is 16.6 Å². The van der Waals surface area contributed by atoms with E-state index in [-0.39, 0.29) is 21.0 Å². The average Bonchev–Trinajstić information content (AvgIpc) is 2.91. The van der Waals surface area contributed by atoms with Crippen LogP contribution in [0.3, 0.4) is 0 Å². The zero-order valence-corrected chi connectivity index (χ0v) is 13.6. The number of benzene rings is 1. The number of ether oxygens (including phenoxy) is 1. The lowest BCUT2D eigenvalue weighted by molar-refractivity contribution is 0.0696. The molecule has 1 heterocycles. The van der Waals surface area contributed by atoms with Crippen molar-refractivity contribution < 1.29 is 23.1 Å². The zero-order valence-electron chi connectivity index (χ0n) is 11.2. The topological polar surface area (TPSA) is 92.7 Å². The van der Waals surface area contributed by atoms with E-state index in [4.69, 9.17) is 9.84 Å². The number of sulfonamides is 1. The first kappa shape index (κ1) is 16.4. The maximum absolute atomic E-state index is 12.2. The Labute approximate surface area is 131 Å². The standard InChI is InChI=1S/C13H16BrNO5S/c14-11-8-9(13(16)17)3-4-12(11)21(18,19)15-6-5-10-2-1-7-20-10/h3-4,8,10,15H,1-2,5-7H2,(H,16,17). The highest BCUT2D eigenvalue weighted by atomic mass is 79.9. The third-order valence-corrected chi connectivity index (χ3v) is 5.69. The number of carbonyl (C=O) groups is 1. The van der Waals surface area contributed by atoms with Gasteiger partial charge in [-0.2, -0.15) is 0 Å². The Hall–Kier alpha value is -0.960. The molecule has 0 aliphatic carbocycles. The molecule has 1 unspecified atom stereocenters. The monoisotopic (exact) mass is 377 g/mol. The minimum Gasteiger partial charge on any atom is -0.478 e. The molecule has 2 N–H and O–H groups in total.